The third kappa shape index (κ3) is 1.76. The van der Waals surface area contributed by atoms with E-state index in [-0.39, 0.29) is 17.3 Å². The highest BCUT2D eigenvalue weighted by atomic mass is 16.4. The van der Waals surface area contributed by atoms with E-state index in [9.17, 15) is 4.79 Å². The van der Waals surface area contributed by atoms with Gasteiger partial charge in [-0.05, 0) is 23.3 Å². The van der Waals surface area contributed by atoms with Crippen LogP contribution in [0.3, 0.4) is 0 Å². The molecule has 1 fully saturated rings. The summed E-state index contributed by atoms with van der Waals surface area (Å²) in [6.07, 6.45) is 0.880. The van der Waals surface area contributed by atoms with Crippen molar-refractivity contribution >= 4 is 5.97 Å². The van der Waals surface area contributed by atoms with Crippen LogP contribution in [0.2, 0.25) is 0 Å². The van der Waals surface area contributed by atoms with Crippen LogP contribution in [-0.4, -0.2) is 11.1 Å². The maximum Gasteiger partial charge on any atom is 0.307 e. The SMILES string of the molecule is CC1(C)[C@@H](Cc2ccccc2)[C@@H]1C(=O)O. The van der Waals surface area contributed by atoms with Gasteiger partial charge in [-0.15, -0.1) is 0 Å². The van der Waals surface area contributed by atoms with Gasteiger partial charge in [-0.25, -0.2) is 0 Å². The Morgan fingerprint density at radius 2 is 1.93 bits per heavy atom. The van der Waals surface area contributed by atoms with E-state index in [1.165, 1.54) is 5.56 Å². The van der Waals surface area contributed by atoms with Crippen LogP contribution in [0.25, 0.3) is 0 Å². The Balaban J connectivity index is 2.07. The number of carboxylic acid groups (broad SMARTS) is 1. The smallest absolute Gasteiger partial charge is 0.307 e. The largest absolute Gasteiger partial charge is 0.481 e. The summed E-state index contributed by atoms with van der Waals surface area (Å²) in [6.45, 7) is 4.08. The lowest BCUT2D eigenvalue weighted by Gasteiger charge is -2.01. The van der Waals surface area contributed by atoms with Crippen molar-refractivity contribution in [2.45, 2.75) is 20.3 Å². The maximum atomic E-state index is 11.0. The number of rotatable bonds is 3. The van der Waals surface area contributed by atoms with Crippen LogP contribution < -0.4 is 0 Å². The van der Waals surface area contributed by atoms with Crippen molar-refractivity contribution in [2.24, 2.45) is 17.3 Å². The molecule has 2 nitrogen and oxygen atoms in total. The highest BCUT2D eigenvalue weighted by Crippen LogP contribution is 2.59. The molecule has 2 rings (SSSR count). The minimum Gasteiger partial charge on any atom is -0.481 e. The van der Waals surface area contributed by atoms with Crippen LogP contribution in [-0.2, 0) is 11.2 Å². The third-order valence-electron chi connectivity index (χ3n) is 3.61. The van der Waals surface area contributed by atoms with E-state index in [1.807, 2.05) is 32.0 Å². The molecule has 1 aliphatic carbocycles. The second-order valence-corrected chi connectivity index (χ2v) is 4.93. The van der Waals surface area contributed by atoms with Crippen molar-refractivity contribution in [1.29, 1.82) is 0 Å². The highest BCUT2D eigenvalue weighted by molar-refractivity contribution is 5.75. The Morgan fingerprint density at radius 1 is 1.33 bits per heavy atom. The molecule has 0 spiro atoms. The highest BCUT2D eigenvalue weighted by Gasteiger charge is 2.61. The van der Waals surface area contributed by atoms with E-state index < -0.39 is 5.97 Å². The van der Waals surface area contributed by atoms with Gasteiger partial charge >= 0.3 is 5.97 Å². The molecule has 0 unspecified atom stereocenters. The van der Waals surface area contributed by atoms with E-state index in [0.717, 1.165) is 6.42 Å². The zero-order valence-corrected chi connectivity index (χ0v) is 9.10. The third-order valence-corrected chi connectivity index (χ3v) is 3.61. The van der Waals surface area contributed by atoms with Gasteiger partial charge in [0.25, 0.3) is 0 Å². The van der Waals surface area contributed by atoms with Crippen molar-refractivity contribution in [3.8, 4) is 0 Å². The normalized spacial score (nSPS) is 27.3. The Labute approximate surface area is 89.9 Å². The van der Waals surface area contributed by atoms with Crippen LogP contribution in [0.5, 0.6) is 0 Å². The fourth-order valence-electron chi connectivity index (χ4n) is 2.48. The van der Waals surface area contributed by atoms with E-state index in [4.69, 9.17) is 5.11 Å². The van der Waals surface area contributed by atoms with Crippen molar-refractivity contribution in [3.63, 3.8) is 0 Å². The van der Waals surface area contributed by atoms with Gasteiger partial charge in [-0.1, -0.05) is 44.2 Å². The number of hydrogen-bond acceptors (Lipinski definition) is 1. The minimum absolute atomic E-state index is 0.0400. The average Bonchev–Trinajstić information content (AvgIpc) is 2.70. The lowest BCUT2D eigenvalue weighted by molar-refractivity contribution is -0.139. The standard InChI is InChI=1S/C13H16O2/c1-13(2)10(11(13)12(14)15)8-9-6-4-3-5-7-9/h3-7,10-11H,8H2,1-2H3,(H,14,15)/t10-,11+/m0/s1. The van der Waals surface area contributed by atoms with Crippen LogP contribution in [0.1, 0.15) is 19.4 Å². The summed E-state index contributed by atoms with van der Waals surface area (Å²) < 4.78 is 0. The van der Waals surface area contributed by atoms with E-state index >= 15 is 0 Å². The van der Waals surface area contributed by atoms with E-state index in [1.54, 1.807) is 0 Å². The van der Waals surface area contributed by atoms with Crippen molar-refractivity contribution < 1.29 is 9.90 Å². The summed E-state index contributed by atoms with van der Waals surface area (Å²) in [5.74, 6) is -0.531. The van der Waals surface area contributed by atoms with Crippen molar-refractivity contribution in [3.05, 3.63) is 35.9 Å². The first-order valence-electron chi connectivity index (χ1n) is 5.30. The number of carboxylic acids is 1. The van der Waals surface area contributed by atoms with Gasteiger partial charge in [0.1, 0.15) is 0 Å². The molecule has 80 valence electrons. The lowest BCUT2D eigenvalue weighted by atomic mass is 10.0. The summed E-state index contributed by atoms with van der Waals surface area (Å²) in [4.78, 5) is 11.0. The molecule has 0 amide bonds. The van der Waals surface area contributed by atoms with Crippen LogP contribution in [0.4, 0.5) is 0 Å². The Kier molecular flexibility index (Phi) is 2.29. The topological polar surface area (TPSA) is 37.3 Å². The quantitative estimate of drug-likeness (QED) is 0.821. The number of carbonyl (C=O) groups is 1. The predicted molar refractivity (Wildman–Crippen MR) is 58.5 cm³/mol. The summed E-state index contributed by atoms with van der Waals surface area (Å²) >= 11 is 0. The first kappa shape index (κ1) is 10.2. The molecule has 2 atom stereocenters. The fraction of sp³-hybridized carbons (Fsp3) is 0.462. The molecule has 0 heterocycles. The molecule has 0 aromatic heterocycles. The predicted octanol–water partition coefficient (Wildman–Crippen LogP) is 2.59. The molecule has 0 bridgehead atoms. The minimum atomic E-state index is -0.652. The molecular weight excluding hydrogens is 188 g/mol. The van der Waals surface area contributed by atoms with E-state index in [2.05, 4.69) is 12.1 Å². The zero-order valence-electron chi connectivity index (χ0n) is 9.10. The van der Waals surface area contributed by atoms with Gasteiger partial charge in [0.15, 0.2) is 0 Å². The second-order valence-electron chi connectivity index (χ2n) is 4.93. The molecular formula is C13H16O2. The molecule has 1 N–H and O–H groups in total. The summed E-state index contributed by atoms with van der Waals surface area (Å²) in [5, 5.41) is 9.04. The van der Waals surface area contributed by atoms with Gasteiger partial charge in [0.2, 0.25) is 0 Å². The van der Waals surface area contributed by atoms with Crippen molar-refractivity contribution in [1.82, 2.24) is 0 Å². The van der Waals surface area contributed by atoms with Crippen LogP contribution >= 0.6 is 0 Å². The molecule has 0 radical (unpaired) electrons. The zero-order chi connectivity index (χ0) is 11.1. The first-order chi connectivity index (χ1) is 7.03. The van der Waals surface area contributed by atoms with Gasteiger partial charge in [0, 0.05) is 0 Å². The Hall–Kier alpha value is -1.31. The van der Waals surface area contributed by atoms with Gasteiger partial charge in [-0.2, -0.15) is 0 Å². The van der Waals surface area contributed by atoms with Gasteiger partial charge < -0.3 is 5.11 Å². The monoisotopic (exact) mass is 204 g/mol. The first-order valence-corrected chi connectivity index (χ1v) is 5.30. The summed E-state index contributed by atoms with van der Waals surface area (Å²) in [6, 6.07) is 10.1. The Morgan fingerprint density at radius 3 is 2.40 bits per heavy atom. The van der Waals surface area contributed by atoms with E-state index in [0.29, 0.717) is 0 Å². The van der Waals surface area contributed by atoms with Gasteiger partial charge in [0.05, 0.1) is 5.92 Å². The molecule has 1 aromatic carbocycles. The molecule has 2 heteroatoms. The number of benzene rings is 1. The Bertz CT molecular complexity index is 367. The van der Waals surface area contributed by atoms with Crippen molar-refractivity contribution in [2.75, 3.05) is 0 Å². The molecule has 1 aromatic rings. The molecule has 0 aliphatic heterocycles. The average molecular weight is 204 g/mol. The molecule has 1 aliphatic rings. The van der Waals surface area contributed by atoms with Gasteiger partial charge in [-0.3, -0.25) is 4.79 Å². The lowest BCUT2D eigenvalue weighted by Crippen LogP contribution is -2.03. The summed E-state index contributed by atoms with van der Waals surface area (Å²) in [5.41, 5.74) is 1.20. The molecule has 15 heavy (non-hydrogen) atoms. The number of hydrogen-bond donors (Lipinski definition) is 1. The molecule has 1 saturated carbocycles. The van der Waals surface area contributed by atoms with Crippen LogP contribution in [0, 0.1) is 17.3 Å². The summed E-state index contributed by atoms with van der Waals surface area (Å²) in [7, 11) is 0. The second kappa shape index (κ2) is 3.37. The number of aliphatic carboxylic acids is 1. The van der Waals surface area contributed by atoms with Crippen LogP contribution in [0.15, 0.2) is 30.3 Å². The fourth-order valence-corrected chi connectivity index (χ4v) is 2.48. The maximum absolute atomic E-state index is 11.0. The molecule has 0 saturated heterocycles.